The van der Waals surface area contributed by atoms with Gasteiger partial charge in [-0.1, -0.05) is 29.4 Å². The van der Waals surface area contributed by atoms with Gasteiger partial charge in [0, 0.05) is 0 Å². The van der Waals surface area contributed by atoms with Crippen molar-refractivity contribution in [3.63, 3.8) is 0 Å². The molecule has 2 rings (SSSR count). The third kappa shape index (κ3) is 3.00. The topological polar surface area (TPSA) is 41.8 Å². The van der Waals surface area contributed by atoms with Gasteiger partial charge in [0.1, 0.15) is 5.75 Å². The van der Waals surface area contributed by atoms with Crippen molar-refractivity contribution in [1.29, 1.82) is 0 Å². The van der Waals surface area contributed by atoms with Gasteiger partial charge in [0.05, 0.1) is 13.3 Å². The average Bonchev–Trinajstić information content (AvgIpc) is 2.85. The van der Waals surface area contributed by atoms with Gasteiger partial charge in [-0.05, 0) is 48.1 Å². The third-order valence-electron chi connectivity index (χ3n) is 3.11. The summed E-state index contributed by atoms with van der Waals surface area (Å²) in [6, 6.07) is 7.92. The van der Waals surface area contributed by atoms with E-state index >= 15 is 0 Å². The summed E-state index contributed by atoms with van der Waals surface area (Å²) in [6.07, 6.45) is 8.89. The summed E-state index contributed by atoms with van der Waals surface area (Å²) < 4.78 is 5.12. The molecule has 0 radical (unpaired) electrons. The number of hydrogen-bond donors (Lipinski definition) is 1. The van der Waals surface area contributed by atoms with Crippen molar-refractivity contribution in [2.24, 2.45) is 5.16 Å². The van der Waals surface area contributed by atoms with Crippen LogP contribution >= 0.6 is 0 Å². The summed E-state index contributed by atoms with van der Waals surface area (Å²) in [4.78, 5) is 0. The minimum absolute atomic E-state index is 0.861. The minimum atomic E-state index is 0.861. The van der Waals surface area contributed by atoms with Crippen LogP contribution in [0.5, 0.6) is 5.75 Å². The van der Waals surface area contributed by atoms with E-state index in [4.69, 9.17) is 9.94 Å². The van der Waals surface area contributed by atoms with Gasteiger partial charge in [0.2, 0.25) is 0 Å². The Bertz CT molecular complexity index is 484. The Kier molecular flexibility index (Phi) is 4.18. The number of benzene rings is 1. The number of allylic oxidation sites excluding steroid dienone is 3. The van der Waals surface area contributed by atoms with Crippen molar-refractivity contribution < 1.29 is 9.94 Å². The summed E-state index contributed by atoms with van der Waals surface area (Å²) in [5.41, 5.74) is 3.52. The van der Waals surface area contributed by atoms with Gasteiger partial charge >= 0.3 is 0 Å². The molecule has 1 aromatic rings. The van der Waals surface area contributed by atoms with Crippen LogP contribution < -0.4 is 4.74 Å². The molecule has 0 unspecified atom stereocenters. The van der Waals surface area contributed by atoms with E-state index in [1.54, 1.807) is 13.3 Å². The van der Waals surface area contributed by atoms with Crippen molar-refractivity contribution in [2.75, 3.05) is 7.11 Å². The van der Waals surface area contributed by atoms with Gasteiger partial charge in [0.25, 0.3) is 0 Å². The quantitative estimate of drug-likeness (QED) is 0.498. The fourth-order valence-corrected chi connectivity index (χ4v) is 2.11. The number of ether oxygens (including phenoxy) is 1. The Morgan fingerprint density at radius 1 is 1.11 bits per heavy atom. The van der Waals surface area contributed by atoms with E-state index in [9.17, 15) is 0 Å². The normalized spacial score (nSPS) is 16.1. The molecule has 0 saturated carbocycles. The maximum Gasteiger partial charge on any atom is 0.118 e. The van der Waals surface area contributed by atoms with Crippen molar-refractivity contribution >= 4 is 12.3 Å². The highest BCUT2D eigenvalue weighted by Gasteiger charge is 2.10. The van der Waals surface area contributed by atoms with Crippen LogP contribution in [0.15, 0.2) is 46.6 Å². The van der Waals surface area contributed by atoms with Gasteiger partial charge in [-0.15, -0.1) is 0 Å². The highest BCUT2D eigenvalue weighted by Crippen LogP contribution is 2.26. The van der Waals surface area contributed by atoms with Crippen LogP contribution in [0.2, 0.25) is 0 Å². The molecule has 0 spiro atoms. The molecule has 0 atom stereocenters. The molecule has 1 aromatic carbocycles. The molecule has 1 aliphatic rings. The molecular formula is C15H17NO2. The first-order valence-corrected chi connectivity index (χ1v) is 6.05. The largest absolute Gasteiger partial charge is 0.497 e. The lowest BCUT2D eigenvalue weighted by atomic mass is 10.1. The highest BCUT2D eigenvalue weighted by atomic mass is 16.5. The zero-order valence-corrected chi connectivity index (χ0v) is 10.5. The van der Waals surface area contributed by atoms with E-state index in [0.29, 0.717) is 0 Å². The van der Waals surface area contributed by atoms with E-state index in [-0.39, 0.29) is 0 Å². The van der Waals surface area contributed by atoms with Crippen molar-refractivity contribution in [3.05, 3.63) is 47.1 Å². The lowest BCUT2D eigenvalue weighted by molar-refractivity contribution is 0.321. The fourth-order valence-electron chi connectivity index (χ4n) is 2.11. The van der Waals surface area contributed by atoms with Crippen LogP contribution in [0.1, 0.15) is 24.8 Å². The van der Waals surface area contributed by atoms with Crippen molar-refractivity contribution in [2.45, 2.75) is 19.3 Å². The monoisotopic (exact) mass is 243 g/mol. The summed E-state index contributed by atoms with van der Waals surface area (Å²) >= 11 is 0. The van der Waals surface area contributed by atoms with Crippen LogP contribution in [0, 0.1) is 0 Å². The molecule has 0 amide bonds. The lowest BCUT2D eigenvalue weighted by Crippen LogP contribution is -1.83. The predicted molar refractivity (Wildman–Crippen MR) is 73.2 cm³/mol. The average molecular weight is 243 g/mol. The highest BCUT2D eigenvalue weighted by molar-refractivity contribution is 5.81. The first-order chi connectivity index (χ1) is 8.83. The Labute approximate surface area is 107 Å². The van der Waals surface area contributed by atoms with E-state index in [1.165, 1.54) is 5.57 Å². The predicted octanol–water partition coefficient (Wildman–Crippen LogP) is 3.65. The molecule has 18 heavy (non-hydrogen) atoms. The lowest BCUT2D eigenvalue weighted by Gasteiger charge is -2.00. The SMILES string of the molecule is COc1ccc(C=CC2=C(C=NO)CCC2)cc1. The molecule has 1 N–H and O–H groups in total. The third-order valence-corrected chi connectivity index (χ3v) is 3.11. The van der Waals surface area contributed by atoms with Gasteiger partial charge in [-0.25, -0.2) is 0 Å². The molecule has 1 aliphatic carbocycles. The second-order valence-corrected chi connectivity index (χ2v) is 4.26. The minimum Gasteiger partial charge on any atom is -0.497 e. The van der Waals surface area contributed by atoms with Crippen molar-refractivity contribution in [3.8, 4) is 5.75 Å². The second-order valence-electron chi connectivity index (χ2n) is 4.26. The van der Waals surface area contributed by atoms with Crippen LogP contribution in [0.25, 0.3) is 6.08 Å². The molecular weight excluding hydrogens is 226 g/mol. The maximum absolute atomic E-state index is 8.58. The van der Waals surface area contributed by atoms with Crippen LogP contribution in [-0.4, -0.2) is 18.5 Å². The zero-order valence-electron chi connectivity index (χ0n) is 10.5. The summed E-state index contributed by atoms with van der Waals surface area (Å²) in [5, 5.41) is 11.7. The van der Waals surface area contributed by atoms with Gasteiger partial charge < -0.3 is 9.94 Å². The van der Waals surface area contributed by atoms with Crippen LogP contribution in [-0.2, 0) is 0 Å². The smallest absolute Gasteiger partial charge is 0.118 e. The van der Waals surface area contributed by atoms with Gasteiger partial charge in [-0.3, -0.25) is 0 Å². The molecule has 3 heteroatoms. The molecule has 0 fully saturated rings. The van der Waals surface area contributed by atoms with Crippen molar-refractivity contribution in [1.82, 2.24) is 0 Å². The zero-order chi connectivity index (χ0) is 12.8. The first-order valence-electron chi connectivity index (χ1n) is 6.05. The molecule has 0 heterocycles. The van der Waals surface area contributed by atoms with E-state index in [2.05, 4.69) is 17.3 Å². The number of methoxy groups -OCH3 is 1. The Balaban J connectivity index is 2.12. The van der Waals surface area contributed by atoms with Crippen LogP contribution in [0.3, 0.4) is 0 Å². The first kappa shape index (κ1) is 12.4. The molecule has 0 aliphatic heterocycles. The molecule has 94 valence electrons. The second kappa shape index (κ2) is 6.05. The summed E-state index contributed by atoms with van der Waals surface area (Å²) in [7, 11) is 1.66. The van der Waals surface area contributed by atoms with Crippen LogP contribution in [0.4, 0.5) is 0 Å². The van der Waals surface area contributed by atoms with Gasteiger partial charge in [0.15, 0.2) is 0 Å². The molecule has 0 bridgehead atoms. The van der Waals surface area contributed by atoms with E-state index < -0.39 is 0 Å². The van der Waals surface area contributed by atoms with E-state index in [1.807, 2.05) is 24.3 Å². The van der Waals surface area contributed by atoms with E-state index in [0.717, 1.165) is 36.1 Å². The Morgan fingerprint density at radius 2 is 1.83 bits per heavy atom. The van der Waals surface area contributed by atoms with Gasteiger partial charge in [-0.2, -0.15) is 0 Å². The number of hydrogen-bond acceptors (Lipinski definition) is 3. The Hall–Kier alpha value is -2.03. The molecule has 0 aromatic heterocycles. The summed E-state index contributed by atoms with van der Waals surface area (Å²) in [5.74, 6) is 0.861. The fraction of sp³-hybridized carbons (Fsp3) is 0.267. The number of oxime groups is 1. The molecule has 0 saturated heterocycles. The standard InChI is InChI=1S/C15H17NO2/c1-18-15-9-6-12(7-10-15)5-8-13-3-2-4-14(13)11-16-17/h5-11,17H,2-4H2,1H3. The Morgan fingerprint density at radius 3 is 2.50 bits per heavy atom. The molecule has 3 nitrogen and oxygen atoms in total. The summed E-state index contributed by atoms with van der Waals surface area (Å²) in [6.45, 7) is 0. The number of nitrogens with zero attached hydrogens (tertiary/aromatic N) is 1. The number of rotatable bonds is 4. The maximum atomic E-state index is 8.58.